The van der Waals surface area contributed by atoms with Crippen LogP contribution in [-0.2, 0) is 0 Å². The normalized spacial score (nSPS) is 26.6. The summed E-state index contributed by atoms with van der Waals surface area (Å²) in [6.45, 7) is 10.6. The maximum atomic E-state index is 3.69. The molecule has 0 aromatic carbocycles. The van der Waals surface area contributed by atoms with Crippen molar-refractivity contribution >= 4 is 0 Å². The van der Waals surface area contributed by atoms with Gasteiger partial charge in [-0.1, -0.05) is 46.0 Å². The first-order valence-electron chi connectivity index (χ1n) is 7.30. The molecule has 0 aromatic rings. The van der Waals surface area contributed by atoms with Crippen LogP contribution in [0.3, 0.4) is 0 Å². The van der Waals surface area contributed by atoms with Crippen LogP contribution in [0.4, 0.5) is 0 Å². The molecule has 0 amide bonds. The Morgan fingerprint density at radius 2 is 2.00 bits per heavy atom. The van der Waals surface area contributed by atoms with Gasteiger partial charge in [0.2, 0.25) is 0 Å². The van der Waals surface area contributed by atoms with Gasteiger partial charge in [-0.05, 0) is 45.1 Å². The van der Waals surface area contributed by atoms with Crippen molar-refractivity contribution in [3.63, 3.8) is 0 Å². The van der Waals surface area contributed by atoms with E-state index in [-0.39, 0.29) is 0 Å². The van der Waals surface area contributed by atoms with Crippen LogP contribution in [0.2, 0.25) is 0 Å². The molecule has 2 atom stereocenters. The topological polar surface area (TPSA) is 12.0 Å². The van der Waals surface area contributed by atoms with Crippen molar-refractivity contribution in [3.05, 3.63) is 0 Å². The van der Waals surface area contributed by atoms with Gasteiger partial charge < -0.3 is 5.32 Å². The van der Waals surface area contributed by atoms with Crippen LogP contribution >= 0.6 is 0 Å². The molecule has 1 aliphatic rings. The Hall–Kier alpha value is -0.0400. The van der Waals surface area contributed by atoms with Gasteiger partial charge in [0.1, 0.15) is 0 Å². The second-order valence-electron chi connectivity index (χ2n) is 6.39. The predicted octanol–water partition coefficient (Wildman–Crippen LogP) is 4.37. The minimum absolute atomic E-state index is 0.387. The van der Waals surface area contributed by atoms with Crippen LogP contribution in [0.15, 0.2) is 0 Å². The zero-order chi connectivity index (χ0) is 12.0. The maximum Gasteiger partial charge on any atom is 0.0125 e. The van der Waals surface area contributed by atoms with Crippen LogP contribution in [0, 0.1) is 11.8 Å². The number of nitrogens with one attached hydrogen (secondary N) is 1. The highest BCUT2D eigenvalue weighted by molar-refractivity contribution is 4.86. The number of hydrogen-bond donors (Lipinski definition) is 1. The van der Waals surface area contributed by atoms with Crippen LogP contribution in [0.1, 0.15) is 72.6 Å². The van der Waals surface area contributed by atoms with Crippen molar-refractivity contribution in [2.75, 3.05) is 6.54 Å². The van der Waals surface area contributed by atoms with Gasteiger partial charge in [0, 0.05) is 5.54 Å². The molecule has 2 unspecified atom stereocenters. The molecule has 1 fully saturated rings. The molecule has 1 aliphatic heterocycles. The van der Waals surface area contributed by atoms with Crippen molar-refractivity contribution in [1.29, 1.82) is 0 Å². The summed E-state index contributed by atoms with van der Waals surface area (Å²) in [5, 5.41) is 3.69. The van der Waals surface area contributed by atoms with Gasteiger partial charge in [0.25, 0.3) is 0 Å². The fourth-order valence-corrected chi connectivity index (χ4v) is 2.76. The number of piperidine rings is 1. The average molecular weight is 225 g/mol. The van der Waals surface area contributed by atoms with Crippen molar-refractivity contribution in [2.45, 2.75) is 78.2 Å². The summed E-state index contributed by atoms with van der Waals surface area (Å²) in [6, 6.07) is 0. The molecule has 0 spiro atoms. The zero-order valence-electron chi connectivity index (χ0n) is 11.8. The SMILES string of the molecule is CCCCCCC(C)C1CCC(C)(C)NC1. The first kappa shape index (κ1) is 14.0. The minimum Gasteiger partial charge on any atom is -0.312 e. The van der Waals surface area contributed by atoms with Gasteiger partial charge in [-0.2, -0.15) is 0 Å². The Balaban J connectivity index is 2.15. The van der Waals surface area contributed by atoms with E-state index in [9.17, 15) is 0 Å². The Morgan fingerprint density at radius 3 is 2.56 bits per heavy atom. The highest BCUT2D eigenvalue weighted by atomic mass is 15.0. The number of rotatable bonds is 6. The molecule has 16 heavy (non-hydrogen) atoms. The standard InChI is InChI=1S/C15H31N/c1-5-6-7-8-9-13(2)14-10-11-15(3,4)16-12-14/h13-14,16H,5-12H2,1-4H3. The largest absolute Gasteiger partial charge is 0.312 e. The molecule has 1 rings (SSSR count). The van der Waals surface area contributed by atoms with Crippen molar-refractivity contribution in [3.8, 4) is 0 Å². The zero-order valence-corrected chi connectivity index (χ0v) is 11.8. The summed E-state index contributed by atoms with van der Waals surface area (Å²) < 4.78 is 0. The van der Waals surface area contributed by atoms with Gasteiger partial charge in [-0.3, -0.25) is 0 Å². The van der Waals surface area contributed by atoms with E-state index in [1.54, 1.807) is 0 Å². The molecule has 0 bridgehead atoms. The van der Waals surface area contributed by atoms with Crippen molar-refractivity contribution < 1.29 is 0 Å². The highest BCUT2D eigenvalue weighted by Gasteiger charge is 2.28. The van der Waals surface area contributed by atoms with Crippen LogP contribution in [0.25, 0.3) is 0 Å². The first-order valence-corrected chi connectivity index (χ1v) is 7.30. The Labute approximate surface area is 102 Å². The lowest BCUT2D eigenvalue weighted by Crippen LogP contribution is -2.47. The van der Waals surface area contributed by atoms with Gasteiger partial charge in [-0.15, -0.1) is 0 Å². The Bertz CT molecular complexity index is 176. The monoisotopic (exact) mass is 225 g/mol. The highest BCUT2D eigenvalue weighted by Crippen LogP contribution is 2.29. The molecule has 1 heterocycles. The second kappa shape index (κ2) is 6.64. The lowest BCUT2D eigenvalue weighted by atomic mass is 9.79. The van der Waals surface area contributed by atoms with Crippen molar-refractivity contribution in [2.24, 2.45) is 11.8 Å². The molecule has 1 saturated heterocycles. The summed E-state index contributed by atoms with van der Waals surface area (Å²) >= 11 is 0. The second-order valence-corrected chi connectivity index (χ2v) is 6.39. The van der Waals surface area contributed by atoms with Crippen LogP contribution in [0.5, 0.6) is 0 Å². The lowest BCUT2D eigenvalue weighted by molar-refractivity contribution is 0.188. The molecular formula is C15H31N. The first-order chi connectivity index (χ1) is 7.55. The summed E-state index contributed by atoms with van der Waals surface area (Å²) in [4.78, 5) is 0. The van der Waals surface area contributed by atoms with Crippen molar-refractivity contribution in [1.82, 2.24) is 5.32 Å². The molecule has 0 radical (unpaired) electrons. The number of hydrogen-bond acceptors (Lipinski definition) is 1. The molecular weight excluding hydrogens is 194 g/mol. The molecule has 96 valence electrons. The van der Waals surface area contributed by atoms with Gasteiger partial charge in [0.05, 0.1) is 0 Å². The van der Waals surface area contributed by atoms with E-state index >= 15 is 0 Å². The fraction of sp³-hybridized carbons (Fsp3) is 1.00. The summed E-state index contributed by atoms with van der Waals surface area (Å²) in [6.07, 6.45) is 9.86. The quantitative estimate of drug-likeness (QED) is 0.662. The Morgan fingerprint density at radius 1 is 1.25 bits per heavy atom. The molecule has 1 N–H and O–H groups in total. The smallest absolute Gasteiger partial charge is 0.0125 e. The molecule has 0 saturated carbocycles. The van der Waals surface area contributed by atoms with E-state index in [2.05, 4.69) is 33.0 Å². The van der Waals surface area contributed by atoms with E-state index in [4.69, 9.17) is 0 Å². The van der Waals surface area contributed by atoms with Gasteiger partial charge >= 0.3 is 0 Å². The molecule has 1 heteroatoms. The third kappa shape index (κ3) is 4.86. The van der Waals surface area contributed by atoms with Gasteiger partial charge in [-0.25, -0.2) is 0 Å². The minimum atomic E-state index is 0.387. The molecule has 0 aliphatic carbocycles. The van der Waals surface area contributed by atoms with E-state index in [0.29, 0.717) is 5.54 Å². The maximum absolute atomic E-state index is 3.69. The third-order valence-corrected chi connectivity index (χ3v) is 4.30. The van der Waals surface area contributed by atoms with Crippen LogP contribution in [-0.4, -0.2) is 12.1 Å². The Kier molecular flexibility index (Phi) is 5.82. The third-order valence-electron chi connectivity index (χ3n) is 4.30. The summed E-state index contributed by atoms with van der Waals surface area (Å²) in [5.41, 5.74) is 0.387. The molecule has 1 nitrogen and oxygen atoms in total. The van der Waals surface area contributed by atoms with Crippen LogP contribution < -0.4 is 5.32 Å². The predicted molar refractivity (Wildman–Crippen MR) is 72.7 cm³/mol. The fourth-order valence-electron chi connectivity index (χ4n) is 2.76. The van der Waals surface area contributed by atoms with E-state index in [1.807, 2.05) is 0 Å². The van der Waals surface area contributed by atoms with Gasteiger partial charge in [0.15, 0.2) is 0 Å². The average Bonchev–Trinajstić information content (AvgIpc) is 2.24. The van der Waals surface area contributed by atoms with E-state index in [0.717, 1.165) is 11.8 Å². The summed E-state index contributed by atoms with van der Waals surface area (Å²) in [7, 11) is 0. The molecule has 0 aromatic heterocycles. The van der Waals surface area contributed by atoms with E-state index in [1.165, 1.54) is 51.5 Å². The lowest BCUT2D eigenvalue weighted by Gasteiger charge is -2.38. The number of unbranched alkanes of at least 4 members (excludes halogenated alkanes) is 3. The summed E-state index contributed by atoms with van der Waals surface area (Å²) in [5.74, 6) is 1.84. The van der Waals surface area contributed by atoms with E-state index < -0.39 is 0 Å².